The molecule has 0 saturated heterocycles. The van der Waals surface area contributed by atoms with Crippen LogP contribution in [0, 0.1) is 0 Å². The summed E-state index contributed by atoms with van der Waals surface area (Å²) >= 11 is -1.34. The summed E-state index contributed by atoms with van der Waals surface area (Å²) in [5.41, 5.74) is 0. The van der Waals surface area contributed by atoms with Gasteiger partial charge in [-0.05, 0) is 0 Å². The van der Waals surface area contributed by atoms with Crippen molar-refractivity contribution in [2.24, 2.45) is 0 Å². The van der Waals surface area contributed by atoms with Gasteiger partial charge in [-0.2, -0.15) is 0 Å². The average molecular weight is 95.0 g/mol. The van der Waals surface area contributed by atoms with Crippen LogP contribution in [0.15, 0.2) is 0 Å². The fourth-order valence-electron chi connectivity index (χ4n) is 0. The third-order valence-electron chi connectivity index (χ3n) is 0.0373. The van der Waals surface area contributed by atoms with E-state index in [0.717, 1.165) is 0 Å². The quantitative estimate of drug-likeness (QED) is 0.405. The van der Waals surface area contributed by atoms with E-state index in [1.165, 1.54) is 4.59 Å². The predicted molar refractivity (Wildman–Crippen MR) is 6.38 cm³/mol. The Bertz CT molecular complexity index is 56.1. The zero-order valence-electron chi connectivity index (χ0n) is 1.76. The van der Waals surface area contributed by atoms with Gasteiger partial charge < -0.3 is 0 Å². The summed E-state index contributed by atoms with van der Waals surface area (Å²) in [7, 11) is 0. The molecule has 0 rings (SSSR count). The standard InChI is InChI=1S/CO.O.V/c1-2;;. The number of hydrogen-bond donors (Lipinski definition) is 0. The molecule has 0 heterocycles. The van der Waals surface area contributed by atoms with Gasteiger partial charge in [-0.25, -0.2) is 0 Å². The molecule has 0 aliphatic heterocycles. The van der Waals surface area contributed by atoms with Gasteiger partial charge >= 0.3 is 28.9 Å². The molecule has 0 aromatic heterocycles. The molecule has 2 nitrogen and oxygen atoms in total. The van der Waals surface area contributed by atoms with Crippen molar-refractivity contribution in [3.63, 3.8) is 0 Å². The Kier molecular flexibility index (Phi) is 2.94. The Labute approximate surface area is 29.6 Å². The normalized spacial score (nSPS) is 3.00. The van der Waals surface area contributed by atoms with E-state index in [4.69, 9.17) is 8.47 Å². The molecule has 0 saturated carbocycles. The van der Waals surface area contributed by atoms with Crippen LogP contribution in [-0.4, -0.2) is 4.59 Å². The van der Waals surface area contributed by atoms with Crippen molar-refractivity contribution in [3.05, 3.63) is 0 Å². The molecule has 0 N–H and O–H groups in total. The molecule has 0 aromatic rings. The summed E-state index contributed by atoms with van der Waals surface area (Å²) in [5.74, 6) is 0. The fourth-order valence-corrected chi connectivity index (χ4v) is 0. The van der Waals surface area contributed by atoms with Gasteiger partial charge in [-0.1, -0.05) is 0 Å². The molecule has 0 radical (unpaired) electrons. The Morgan fingerprint density at radius 2 is 2.00 bits per heavy atom. The van der Waals surface area contributed by atoms with E-state index in [2.05, 4.69) is 0 Å². The zero-order chi connectivity index (χ0) is 3.41. The summed E-state index contributed by atoms with van der Waals surface area (Å²) in [6.45, 7) is 0. The second-order valence-corrected chi connectivity index (χ2v) is 0.753. The van der Waals surface area contributed by atoms with Crippen LogP contribution >= 0.6 is 0 Å². The first kappa shape index (κ1) is 3.96. The Balaban J connectivity index is 3.95. The molecule has 4 heavy (non-hydrogen) atoms. The van der Waals surface area contributed by atoms with Gasteiger partial charge in [-0.3, -0.25) is 0 Å². The molecule has 0 aliphatic rings. The molecular weight excluding hydrogens is 95.0 g/mol. The third-order valence-corrected chi connectivity index (χ3v) is 0.154. The molecule has 0 amide bonds. The van der Waals surface area contributed by atoms with Gasteiger partial charge in [0.05, 0.1) is 0 Å². The molecule has 0 spiro atoms. The summed E-state index contributed by atoms with van der Waals surface area (Å²) in [4.78, 5) is 8.78. The van der Waals surface area contributed by atoms with Crippen LogP contribution in [0.4, 0.5) is 0 Å². The SMILES string of the molecule is O=[C]=[V]=[O]. The second kappa shape index (κ2) is 2.96. The van der Waals surface area contributed by atoms with Crippen LogP contribution < -0.4 is 0 Å². The van der Waals surface area contributed by atoms with E-state index < -0.39 is 15.8 Å². The first-order valence-electron chi connectivity index (χ1n) is 0.610. The van der Waals surface area contributed by atoms with Crippen LogP contribution in [0.3, 0.4) is 0 Å². The monoisotopic (exact) mass is 94.9 g/mol. The van der Waals surface area contributed by atoms with Crippen molar-refractivity contribution in [2.45, 2.75) is 0 Å². The van der Waals surface area contributed by atoms with E-state index in [-0.39, 0.29) is 0 Å². The van der Waals surface area contributed by atoms with E-state index in [1.807, 2.05) is 0 Å². The molecule has 3 heteroatoms. The van der Waals surface area contributed by atoms with Crippen LogP contribution in [-0.2, 0) is 24.3 Å². The van der Waals surface area contributed by atoms with Crippen molar-refractivity contribution < 1.29 is 24.3 Å². The van der Waals surface area contributed by atoms with E-state index in [1.54, 1.807) is 0 Å². The number of hydrogen-bond acceptors (Lipinski definition) is 2. The average Bonchev–Trinajstić information content (AvgIpc) is 1.37. The zero-order valence-corrected chi connectivity index (χ0v) is 3.16. The molecular formula is CO2V. The summed E-state index contributed by atoms with van der Waals surface area (Å²) in [5, 5.41) is 0. The van der Waals surface area contributed by atoms with Crippen LogP contribution in [0.25, 0.3) is 0 Å². The van der Waals surface area contributed by atoms with Crippen LogP contribution in [0.1, 0.15) is 0 Å². The van der Waals surface area contributed by atoms with Gasteiger partial charge in [0, 0.05) is 0 Å². The molecule has 0 aromatic carbocycles. The van der Waals surface area contributed by atoms with Crippen molar-refractivity contribution in [1.82, 2.24) is 0 Å². The third kappa shape index (κ3) is 1.96. The molecule has 0 atom stereocenters. The minimum atomic E-state index is -1.34. The van der Waals surface area contributed by atoms with Gasteiger partial charge in [0.15, 0.2) is 0 Å². The maximum atomic E-state index is 8.97. The first-order valence-corrected chi connectivity index (χ1v) is 1.88. The Hall–Kier alpha value is -0.0356. The number of carbonyl (C=O) groups excluding carboxylic acids is 1. The predicted octanol–water partition coefficient (Wildman–Crippen LogP) is -0.518. The van der Waals surface area contributed by atoms with Crippen LogP contribution in [0.2, 0.25) is 0 Å². The van der Waals surface area contributed by atoms with Crippen LogP contribution in [0.5, 0.6) is 0 Å². The number of rotatable bonds is 0. The summed E-state index contributed by atoms with van der Waals surface area (Å²) in [6.07, 6.45) is 0. The molecule has 0 bridgehead atoms. The Morgan fingerprint density at radius 3 is 2.00 bits per heavy atom. The topological polar surface area (TPSA) is 34.1 Å². The Morgan fingerprint density at radius 1 is 1.75 bits per heavy atom. The molecule has 21 valence electrons. The van der Waals surface area contributed by atoms with Gasteiger partial charge in [-0.15, -0.1) is 0 Å². The molecule has 0 aliphatic carbocycles. The molecule has 0 fully saturated rings. The second-order valence-electron chi connectivity index (χ2n) is 0.183. The van der Waals surface area contributed by atoms with Crippen molar-refractivity contribution in [1.29, 1.82) is 0 Å². The van der Waals surface area contributed by atoms with Crippen molar-refractivity contribution >= 4 is 4.59 Å². The van der Waals surface area contributed by atoms with E-state index in [0.29, 0.717) is 0 Å². The van der Waals surface area contributed by atoms with Gasteiger partial charge in [0.25, 0.3) is 0 Å². The minimum absolute atomic E-state index is 1.22. The van der Waals surface area contributed by atoms with E-state index in [9.17, 15) is 0 Å². The first-order chi connectivity index (χ1) is 1.91. The van der Waals surface area contributed by atoms with Gasteiger partial charge in [0.2, 0.25) is 0 Å². The summed E-state index contributed by atoms with van der Waals surface area (Å²) < 4.78 is 10.2. The van der Waals surface area contributed by atoms with Crippen molar-refractivity contribution in [3.8, 4) is 0 Å². The summed E-state index contributed by atoms with van der Waals surface area (Å²) in [6, 6.07) is 0. The van der Waals surface area contributed by atoms with Gasteiger partial charge in [0.1, 0.15) is 0 Å². The van der Waals surface area contributed by atoms with Crippen molar-refractivity contribution in [2.75, 3.05) is 0 Å². The maximum absolute atomic E-state index is 8.97. The van der Waals surface area contributed by atoms with E-state index >= 15 is 0 Å². The molecule has 0 unspecified atom stereocenters. The fraction of sp³-hybridized carbons (Fsp3) is 0.